The number of aromatic amines is 2. The van der Waals surface area contributed by atoms with Crippen molar-refractivity contribution in [3.05, 3.63) is 30.4 Å². The third kappa shape index (κ3) is 1.90. The highest BCUT2D eigenvalue weighted by Gasteiger charge is 2.11. The number of imidazole rings is 1. The molecule has 5 nitrogen and oxygen atoms in total. The zero-order valence-electron chi connectivity index (χ0n) is 8.28. The number of carbonyl (C=O) groups is 1. The van der Waals surface area contributed by atoms with Gasteiger partial charge in [0.15, 0.2) is 0 Å². The molecule has 0 aliphatic rings. The van der Waals surface area contributed by atoms with Crippen LogP contribution in [0.1, 0.15) is 17.5 Å². The van der Waals surface area contributed by atoms with Gasteiger partial charge in [0, 0.05) is 6.20 Å². The van der Waals surface area contributed by atoms with Crippen LogP contribution >= 0.6 is 0 Å². The molecule has 0 unspecified atom stereocenters. The van der Waals surface area contributed by atoms with E-state index in [4.69, 9.17) is 4.74 Å². The molecule has 0 aliphatic carbocycles. The Kier molecular flexibility index (Phi) is 2.53. The van der Waals surface area contributed by atoms with Gasteiger partial charge in [-0.25, -0.2) is 9.78 Å². The fourth-order valence-corrected chi connectivity index (χ4v) is 1.26. The Morgan fingerprint density at radius 3 is 3.07 bits per heavy atom. The molecule has 0 amide bonds. The molecule has 0 spiro atoms. The summed E-state index contributed by atoms with van der Waals surface area (Å²) >= 11 is 0. The molecule has 0 atom stereocenters. The number of nitrogens with zero attached hydrogens (tertiary/aromatic N) is 1. The number of hydrogen-bond donors (Lipinski definition) is 2. The van der Waals surface area contributed by atoms with Gasteiger partial charge >= 0.3 is 5.97 Å². The predicted molar refractivity (Wildman–Crippen MR) is 54.3 cm³/mol. The number of carbonyl (C=O) groups excluding carboxylic acids is 1. The van der Waals surface area contributed by atoms with Gasteiger partial charge in [0.25, 0.3) is 0 Å². The minimum atomic E-state index is -0.435. The summed E-state index contributed by atoms with van der Waals surface area (Å²) in [6, 6.07) is 3.77. The van der Waals surface area contributed by atoms with E-state index in [1.807, 2.05) is 12.1 Å². The molecule has 15 heavy (non-hydrogen) atoms. The van der Waals surface area contributed by atoms with Crippen LogP contribution in [0.4, 0.5) is 0 Å². The molecule has 0 saturated heterocycles. The van der Waals surface area contributed by atoms with Crippen LogP contribution < -0.4 is 0 Å². The number of H-pyrrole nitrogens is 2. The van der Waals surface area contributed by atoms with Gasteiger partial charge in [-0.15, -0.1) is 0 Å². The minimum absolute atomic E-state index is 0.224. The maximum atomic E-state index is 11.3. The SMILES string of the molecule is CCOC(=O)c1ncc(-c2ccc[nH]2)[nH]1. The van der Waals surface area contributed by atoms with E-state index in [9.17, 15) is 4.79 Å². The van der Waals surface area contributed by atoms with Gasteiger partial charge in [-0.1, -0.05) is 0 Å². The Bertz CT molecular complexity index is 445. The third-order valence-electron chi connectivity index (χ3n) is 1.93. The maximum absolute atomic E-state index is 11.3. The van der Waals surface area contributed by atoms with Crippen LogP contribution in [-0.2, 0) is 4.74 Å². The van der Waals surface area contributed by atoms with Crippen molar-refractivity contribution in [2.24, 2.45) is 0 Å². The van der Waals surface area contributed by atoms with E-state index in [1.54, 1.807) is 19.3 Å². The number of ether oxygens (including phenoxy) is 1. The van der Waals surface area contributed by atoms with Crippen molar-refractivity contribution in [3.63, 3.8) is 0 Å². The number of rotatable bonds is 3. The van der Waals surface area contributed by atoms with Crippen LogP contribution in [0, 0.1) is 0 Å². The summed E-state index contributed by atoms with van der Waals surface area (Å²) < 4.78 is 4.82. The molecule has 78 valence electrons. The summed E-state index contributed by atoms with van der Waals surface area (Å²) in [4.78, 5) is 21.1. The van der Waals surface area contributed by atoms with Gasteiger partial charge in [0.05, 0.1) is 24.2 Å². The summed E-state index contributed by atoms with van der Waals surface area (Å²) in [6.07, 6.45) is 3.40. The molecular weight excluding hydrogens is 194 g/mol. The van der Waals surface area contributed by atoms with Crippen LogP contribution in [0.25, 0.3) is 11.4 Å². The van der Waals surface area contributed by atoms with Crippen LogP contribution in [0.5, 0.6) is 0 Å². The Labute approximate surface area is 86.5 Å². The summed E-state index contributed by atoms with van der Waals surface area (Å²) in [7, 11) is 0. The van der Waals surface area contributed by atoms with E-state index in [1.165, 1.54) is 0 Å². The second-order valence-corrected chi connectivity index (χ2v) is 2.95. The first-order valence-electron chi connectivity index (χ1n) is 4.67. The van der Waals surface area contributed by atoms with Gasteiger partial charge in [0.2, 0.25) is 5.82 Å². The van der Waals surface area contributed by atoms with Crippen molar-refractivity contribution in [1.29, 1.82) is 0 Å². The Morgan fingerprint density at radius 2 is 2.40 bits per heavy atom. The summed E-state index contributed by atoms with van der Waals surface area (Å²) in [5.41, 5.74) is 1.65. The highest BCUT2D eigenvalue weighted by Crippen LogP contribution is 2.13. The van der Waals surface area contributed by atoms with Crippen molar-refractivity contribution < 1.29 is 9.53 Å². The van der Waals surface area contributed by atoms with Crippen molar-refractivity contribution >= 4 is 5.97 Å². The second-order valence-electron chi connectivity index (χ2n) is 2.95. The molecule has 5 heteroatoms. The van der Waals surface area contributed by atoms with Gasteiger partial charge in [-0.3, -0.25) is 0 Å². The molecule has 2 aromatic heterocycles. The molecule has 0 radical (unpaired) electrons. The maximum Gasteiger partial charge on any atom is 0.374 e. The fraction of sp³-hybridized carbons (Fsp3) is 0.200. The van der Waals surface area contributed by atoms with Crippen molar-refractivity contribution in [2.45, 2.75) is 6.92 Å². The van der Waals surface area contributed by atoms with Gasteiger partial charge < -0.3 is 14.7 Å². The quantitative estimate of drug-likeness (QED) is 0.747. The van der Waals surface area contributed by atoms with Gasteiger partial charge in [-0.05, 0) is 19.1 Å². The van der Waals surface area contributed by atoms with Crippen molar-refractivity contribution in [2.75, 3.05) is 6.61 Å². The molecule has 2 heterocycles. The van der Waals surface area contributed by atoms with Crippen LogP contribution in [-0.4, -0.2) is 27.5 Å². The molecule has 0 aromatic carbocycles. The van der Waals surface area contributed by atoms with Crippen LogP contribution in [0.15, 0.2) is 24.5 Å². The molecule has 2 aromatic rings. The molecule has 0 aliphatic heterocycles. The summed E-state index contributed by atoms with van der Waals surface area (Å²) in [5.74, 6) is -0.211. The standard InChI is InChI=1S/C10H11N3O2/c1-2-15-10(14)9-12-6-8(13-9)7-4-3-5-11-7/h3-6,11H,2H2,1H3,(H,12,13). The molecule has 2 rings (SSSR count). The van der Waals surface area contributed by atoms with Gasteiger partial charge in [0.1, 0.15) is 0 Å². The van der Waals surface area contributed by atoms with E-state index in [0.29, 0.717) is 6.61 Å². The van der Waals surface area contributed by atoms with E-state index in [2.05, 4.69) is 15.0 Å². The first-order valence-corrected chi connectivity index (χ1v) is 4.67. The molecular formula is C10H11N3O2. The second kappa shape index (κ2) is 4.00. The predicted octanol–water partition coefficient (Wildman–Crippen LogP) is 1.58. The highest BCUT2D eigenvalue weighted by atomic mass is 16.5. The van der Waals surface area contributed by atoms with Crippen molar-refractivity contribution in [1.82, 2.24) is 15.0 Å². The molecule has 2 N–H and O–H groups in total. The Hall–Kier alpha value is -2.04. The lowest BCUT2D eigenvalue weighted by Crippen LogP contribution is -2.06. The fourth-order valence-electron chi connectivity index (χ4n) is 1.26. The first kappa shape index (κ1) is 9.51. The van der Waals surface area contributed by atoms with Gasteiger partial charge in [-0.2, -0.15) is 0 Å². The lowest BCUT2D eigenvalue weighted by molar-refractivity contribution is 0.0513. The van der Waals surface area contributed by atoms with E-state index < -0.39 is 5.97 Å². The lowest BCUT2D eigenvalue weighted by Gasteiger charge is -1.96. The topological polar surface area (TPSA) is 70.8 Å². The third-order valence-corrected chi connectivity index (χ3v) is 1.93. The number of aromatic nitrogens is 3. The van der Waals surface area contributed by atoms with Crippen LogP contribution in [0.2, 0.25) is 0 Å². The average molecular weight is 205 g/mol. The largest absolute Gasteiger partial charge is 0.460 e. The average Bonchev–Trinajstić information content (AvgIpc) is 2.89. The smallest absolute Gasteiger partial charge is 0.374 e. The Balaban J connectivity index is 2.21. The van der Waals surface area contributed by atoms with E-state index in [-0.39, 0.29) is 5.82 Å². The molecule has 0 fully saturated rings. The number of hydrogen-bond acceptors (Lipinski definition) is 3. The zero-order valence-corrected chi connectivity index (χ0v) is 8.28. The highest BCUT2D eigenvalue weighted by molar-refractivity contribution is 5.86. The monoisotopic (exact) mass is 205 g/mol. The summed E-state index contributed by atoms with van der Waals surface area (Å²) in [6.45, 7) is 2.10. The number of nitrogens with one attached hydrogen (secondary N) is 2. The van der Waals surface area contributed by atoms with Crippen molar-refractivity contribution in [3.8, 4) is 11.4 Å². The summed E-state index contributed by atoms with van der Waals surface area (Å²) in [5, 5.41) is 0. The minimum Gasteiger partial charge on any atom is -0.460 e. The zero-order chi connectivity index (χ0) is 10.7. The van der Waals surface area contributed by atoms with E-state index >= 15 is 0 Å². The molecule has 0 saturated carbocycles. The van der Waals surface area contributed by atoms with Crippen LogP contribution in [0.3, 0.4) is 0 Å². The normalized spacial score (nSPS) is 10.2. The number of esters is 1. The molecule has 0 bridgehead atoms. The Morgan fingerprint density at radius 1 is 1.53 bits per heavy atom. The first-order chi connectivity index (χ1) is 7.31. The lowest BCUT2D eigenvalue weighted by atomic mass is 10.3. The van der Waals surface area contributed by atoms with E-state index in [0.717, 1.165) is 11.4 Å².